The average Bonchev–Trinajstić information content (AvgIpc) is 2.28. The largest absolute Gasteiger partial charge is 0.353 e. The Morgan fingerprint density at radius 2 is 2.00 bits per heavy atom. The minimum Gasteiger partial charge on any atom is -0.353 e. The van der Waals surface area contributed by atoms with Crippen LogP contribution in [0.1, 0.15) is 0 Å². The Hall–Kier alpha value is -1.66. The number of benzene rings is 1. The Labute approximate surface area is 99.6 Å². The van der Waals surface area contributed by atoms with Gasteiger partial charge in [0.1, 0.15) is 0 Å². The van der Waals surface area contributed by atoms with Gasteiger partial charge in [-0.15, -0.1) is 0 Å². The van der Waals surface area contributed by atoms with Crippen LogP contribution in [0.4, 0.5) is 5.69 Å². The minimum absolute atomic E-state index is 0.125. The zero-order valence-electron chi connectivity index (χ0n) is 8.91. The zero-order chi connectivity index (χ0) is 11.8. The predicted molar refractivity (Wildman–Crippen MR) is 67.9 cm³/mol. The fourth-order valence-corrected chi connectivity index (χ4v) is 1.23. The molecular formula is C10H14N4OS. The van der Waals surface area contributed by atoms with Crippen molar-refractivity contribution in [3.05, 3.63) is 30.3 Å². The first-order chi connectivity index (χ1) is 7.72. The van der Waals surface area contributed by atoms with Gasteiger partial charge in [0.05, 0.1) is 6.54 Å². The summed E-state index contributed by atoms with van der Waals surface area (Å²) in [5.74, 6) is -0.181. The number of nitrogens with one attached hydrogen (secondary N) is 4. The van der Waals surface area contributed by atoms with Gasteiger partial charge in [-0.2, -0.15) is 0 Å². The summed E-state index contributed by atoms with van der Waals surface area (Å²) in [6, 6.07) is 9.50. The van der Waals surface area contributed by atoms with Gasteiger partial charge in [0.25, 0.3) is 5.91 Å². The maximum Gasteiger partial charge on any atom is 0.253 e. The van der Waals surface area contributed by atoms with Gasteiger partial charge in [-0.05, 0) is 24.4 Å². The van der Waals surface area contributed by atoms with Crippen LogP contribution in [0, 0.1) is 0 Å². The molecule has 0 saturated carbocycles. The molecule has 1 aromatic rings. The summed E-state index contributed by atoms with van der Waals surface area (Å²) in [5, 5.41) is 6.16. The number of amides is 1. The highest BCUT2D eigenvalue weighted by Gasteiger charge is 2.00. The van der Waals surface area contributed by atoms with Crippen LogP contribution in [0.2, 0.25) is 0 Å². The van der Waals surface area contributed by atoms with E-state index in [4.69, 9.17) is 12.2 Å². The lowest BCUT2D eigenvalue weighted by Crippen LogP contribution is -2.43. The van der Waals surface area contributed by atoms with Crippen molar-refractivity contribution in [1.82, 2.24) is 16.2 Å². The number of anilines is 1. The van der Waals surface area contributed by atoms with Gasteiger partial charge in [-0.25, -0.2) is 5.43 Å². The maximum atomic E-state index is 11.1. The van der Waals surface area contributed by atoms with Crippen molar-refractivity contribution in [3.8, 4) is 0 Å². The Kier molecular flexibility index (Phi) is 5.24. The summed E-state index contributed by atoms with van der Waals surface area (Å²) in [5.41, 5.74) is 5.85. The fourth-order valence-electron chi connectivity index (χ4n) is 1.04. The third kappa shape index (κ3) is 4.72. The Morgan fingerprint density at radius 1 is 1.31 bits per heavy atom. The lowest BCUT2D eigenvalue weighted by Gasteiger charge is -2.10. The zero-order valence-corrected chi connectivity index (χ0v) is 9.73. The van der Waals surface area contributed by atoms with Gasteiger partial charge in [0.15, 0.2) is 5.11 Å². The summed E-state index contributed by atoms with van der Waals surface area (Å²) < 4.78 is 0. The summed E-state index contributed by atoms with van der Waals surface area (Å²) in [4.78, 5) is 11.1. The molecule has 0 aliphatic carbocycles. The first-order valence-corrected chi connectivity index (χ1v) is 5.18. The number of hydrogen-bond acceptors (Lipinski definition) is 3. The first-order valence-electron chi connectivity index (χ1n) is 4.78. The third-order valence-corrected chi connectivity index (χ3v) is 1.95. The molecule has 0 aliphatic heterocycles. The van der Waals surface area contributed by atoms with Gasteiger partial charge in [-0.1, -0.05) is 18.2 Å². The molecule has 0 fully saturated rings. The monoisotopic (exact) mass is 238 g/mol. The topological polar surface area (TPSA) is 65.2 Å². The Morgan fingerprint density at radius 3 is 2.62 bits per heavy atom. The standard InChI is InChI=1S/C10H14N4OS/c1-11-14-9(15)7-12-10(16)13-8-5-3-2-4-6-8/h2-6,11H,7H2,1H3,(H,14,15)(H2,12,13,16). The molecule has 0 unspecified atom stereocenters. The van der Waals surface area contributed by atoms with Gasteiger partial charge in [0.2, 0.25) is 0 Å². The molecule has 16 heavy (non-hydrogen) atoms. The molecule has 1 amide bonds. The molecule has 0 atom stereocenters. The van der Waals surface area contributed by atoms with E-state index in [1.807, 2.05) is 30.3 Å². The van der Waals surface area contributed by atoms with Gasteiger partial charge in [0, 0.05) is 12.7 Å². The van der Waals surface area contributed by atoms with E-state index in [0.717, 1.165) is 5.69 Å². The van der Waals surface area contributed by atoms with E-state index in [1.165, 1.54) is 0 Å². The molecule has 0 bridgehead atoms. The number of carbonyl (C=O) groups excluding carboxylic acids is 1. The molecule has 1 aromatic carbocycles. The number of rotatable bonds is 4. The molecule has 0 heterocycles. The molecular weight excluding hydrogens is 224 g/mol. The summed E-state index contributed by atoms with van der Waals surface area (Å²) in [6.07, 6.45) is 0. The molecule has 0 aromatic heterocycles. The number of thiocarbonyl (C=S) groups is 1. The van der Waals surface area contributed by atoms with E-state index < -0.39 is 0 Å². The second-order valence-electron chi connectivity index (χ2n) is 2.97. The van der Waals surface area contributed by atoms with Gasteiger partial charge in [-0.3, -0.25) is 10.2 Å². The summed E-state index contributed by atoms with van der Waals surface area (Å²) >= 11 is 5.02. The molecule has 0 radical (unpaired) electrons. The van der Waals surface area contributed by atoms with Crippen molar-refractivity contribution in [2.75, 3.05) is 18.9 Å². The molecule has 5 nitrogen and oxygen atoms in total. The normalized spacial score (nSPS) is 9.31. The van der Waals surface area contributed by atoms with E-state index in [-0.39, 0.29) is 12.5 Å². The fraction of sp³-hybridized carbons (Fsp3) is 0.200. The highest BCUT2D eigenvalue weighted by molar-refractivity contribution is 7.80. The SMILES string of the molecule is CNNC(=O)CNC(=S)Nc1ccccc1. The highest BCUT2D eigenvalue weighted by atomic mass is 32.1. The van der Waals surface area contributed by atoms with Crippen molar-refractivity contribution in [3.63, 3.8) is 0 Å². The molecule has 0 aliphatic rings. The molecule has 0 saturated heterocycles. The Bertz CT molecular complexity index is 355. The van der Waals surface area contributed by atoms with Crippen molar-refractivity contribution >= 4 is 28.9 Å². The minimum atomic E-state index is -0.181. The quantitative estimate of drug-likeness (QED) is 0.446. The van der Waals surface area contributed by atoms with Crippen LogP contribution < -0.4 is 21.5 Å². The molecule has 6 heteroatoms. The lowest BCUT2D eigenvalue weighted by atomic mass is 10.3. The van der Waals surface area contributed by atoms with Gasteiger partial charge >= 0.3 is 0 Å². The Balaban J connectivity index is 2.29. The van der Waals surface area contributed by atoms with Crippen LogP contribution in [0.5, 0.6) is 0 Å². The van der Waals surface area contributed by atoms with Crippen LogP contribution in [-0.4, -0.2) is 24.6 Å². The van der Waals surface area contributed by atoms with Crippen molar-refractivity contribution in [2.45, 2.75) is 0 Å². The van der Waals surface area contributed by atoms with Crippen molar-refractivity contribution in [1.29, 1.82) is 0 Å². The van der Waals surface area contributed by atoms with E-state index in [2.05, 4.69) is 21.5 Å². The smallest absolute Gasteiger partial charge is 0.253 e. The van der Waals surface area contributed by atoms with Crippen molar-refractivity contribution < 1.29 is 4.79 Å². The third-order valence-electron chi connectivity index (χ3n) is 1.71. The lowest BCUT2D eigenvalue weighted by molar-refractivity contribution is -0.120. The number of hydrazine groups is 1. The second-order valence-corrected chi connectivity index (χ2v) is 3.38. The number of para-hydroxylation sites is 1. The van der Waals surface area contributed by atoms with E-state index >= 15 is 0 Å². The molecule has 0 spiro atoms. The van der Waals surface area contributed by atoms with Crippen LogP contribution in [0.15, 0.2) is 30.3 Å². The van der Waals surface area contributed by atoms with E-state index in [0.29, 0.717) is 5.11 Å². The van der Waals surface area contributed by atoms with Crippen LogP contribution in [-0.2, 0) is 4.79 Å². The molecule has 4 N–H and O–H groups in total. The van der Waals surface area contributed by atoms with Crippen LogP contribution >= 0.6 is 12.2 Å². The summed E-state index contributed by atoms with van der Waals surface area (Å²) in [6.45, 7) is 0.125. The predicted octanol–water partition coefficient (Wildman–Crippen LogP) is 0.224. The molecule has 86 valence electrons. The maximum absolute atomic E-state index is 11.1. The van der Waals surface area contributed by atoms with Crippen LogP contribution in [0.25, 0.3) is 0 Å². The molecule has 1 rings (SSSR count). The van der Waals surface area contributed by atoms with E-state index in [1.54, 1.807) is 7.05 Å². The number of carbonyl (C=O) groups is 1. The average molecular weight is 238 g/mol. The van der Waals surface area contributed by atoms with Crippen molar-refractivity contribution in [2.24, 2.45) is 0 Å². The van der Waals surface area contributed by atoms with Gasteiger partial charge < -0.3 is 10.6 Å². The second kappa shape index (κ2) is 6.76. The van der Waals surface area contributed by atoms with Crippen LogP contribution in [0.3, 0.4) is 0 Å². The number of hydrogen-bond donors (Lipinski definition) is 4. The summed E-state index contributed by atoms with van der Waals surface area (Å²) in [7, 11) is 1.62. The van der Waals surface area contributed by atoms with E-state index in [9.17, 15) is 4.79 Å². The first kappa shape index (κ1) is 12.4. The highest BCUT2D eigenvalue weighted by Crippen LogP contribution is 2.03.